The van der Waals surface area contributed by atoms with Crippen molar-refractivity contribution in [2.75, 3.05) is 11.9 Å². The number of rotatable bonds is 7. The van der Waals surface area contributed by atoms with E-state index in [1.54, 1.807) is 24.3 Å². The largest absolute Gasteiger partial charge is 0.484 e. The molecule has 0 saturated heterocycles. The minimum Gasteiger partial charge on any atom is -0.484 e. The Kier molecular flexibility index (Phi) is 5.66. The molecule has 154 valence electrons. The monoisotopic (exact) mass is 416 g/mol. The number of aromatic nitrogens is 2. The molecule has 0 aliphatic rings. The number of carbonyl (C=O) groups is 1. The number of hydrogen-bond donors (Lipinski definition) is 1. The van der Waals surface area contributed by atoms with E-state index in [9.17, 15) is 14.9 Å². The molecule has 9 heteroatoms. The van der Waals surface area contributed by atoms with Crippen LogP contribution < -0.4 is 10.1 Å². The lowest BCUT2D eigenvalue weighted by molar-refractivity contribution is -0.384. The average molecular weight is 416 g/mol. The van der Waals surface area contributed by atoms with Crippen LogP contribution in [0.3, 0.4) is 0 Å². The molecule has 1 heterocycles. The number of amides is 1. The number of hydrogen-bond acceptors (Lipinski definition) is 7. The minimum atomic E-state index is -0.506. The standard InChI is InChI=1S/C22H16N4O5/c27-20(14-30-17-12-10-16(11-13-17)26(28)29)23-19-9-5-4-8-18(19)22-24-21(25-31-22)15-6-2-1-3-7-15/h1-13H,14H2,(H,23,27). The molecule has 0 fully saturated rings. The number of anilines is 1. The van der Waals surface area contributed by atoms with Gasteiger partial charge in [-0.05, 0) is 24.3 Å². The van der Waals surface area contributed by atoms with Gasteiger partial charge in [-0.3, -0.25) is 14.9 Å². The van der Waals surface area contributed by atoms with Crippen molar-refractivity contribution in [2.45, 2.75) is 0 Å². The van der Waals surface area contributed by atoms with Gasteiger partial charge in [-0.2, -0.15) is 4.98 Å². The number of non-ortho nitro benzene ring substituents is 1. The Morgan fingerprint density at radius 3 is 2.45 bits per heavy atom. The summed E-state index contributed by atoms with van der Waals surface area (Å²) in [7, 11) is 0. The average Bonchev–Trinajstić information content (AvgIpc) is 3.29. The fourth-order valence-electron chi connectivity index (χ4n) is 2.82. The lowest BCUT2D eigenvalue weighted by Gasteiger charge is -2.09. The number of nitrogens with one attached hydrogen (secondary N) is 1. The number of ether oxygens (including phenoxy) is 1. The first-order chi connectivity index (χ1) is 15.1. The zero-order valence-corrected chi connectivity index (χ0v) is 16.1. The Morgan fingerprint density at radius 1 is 1.00 bits per heavy atom. The van der Waals surface area contributed by atoms with Gasteiger partial charge in [0.2, 0.25) is 5.82 Å². The maximum atomic E-state index is 12.4. The molecule has 4 rings (SSSR count). The fourth-order valence-corrected chi connectivity index (χ4v) is 2.82. The number of benzene rings is 3. The summed E-state index contributed by atoms with van der Waals surface area (Å²) < 4.78 is 10.8. The molecule has 0 aliphatic carbocycles. The van der Waals surface area contributed by atoms with Crippen LogP contribution in [0.5, 0.6) is 5.75 Å². The van der Waals surface area contributed by atoms with Crippen LogP contribution in [0.1, 0.15) is 0 Å². The highest BCUT2D eigenvalue weighted by Gasteiger charge is 2.15. The van der Waals surface area contributed by atoms with E-state index in [0.29, 0.717) is 22.8 Å². The van der Waals surface area contributed by atoms with Crippen molar-refractivity contribution in [3.8, 4) is 28.6 Å². The second-order valence-electron chi connectivity index (χ2n) is 6.42. The molecule has 1 N–H and O–H groups in total. The highest BCUT2D eigenvalue weighted by atomic mass is 16.6. The normalized spacial score (nSPS) is 10.5. The summed E-state index contributed by atoms with van der Waals surface area (Å²) in [5.74, 6) is 0.649. The Morgan fingerprint density at radius 2 is 1.71 bits per heavy atom. The first-order valence-corrected chi connectivity index (χ1v) is 9.26. The Balaban J connectivity index is 1.44. The molecular formula is C22H16N4O5. The van der Waals surface area contributed by atoms with E-state index in [1.807, 2.05) is 30.3 Å². The van der Waals surface area contributed by atoms with Gasteiger partial charge in [0.15, 0.2) is 6.61 Å². The molecule has 31 heavy (non-hydrogen) atoms. The summed E-state index contributed by atoms with van der Waals surface area (Å²) in [5, 5.41) is 17.5. The summed E-state index contributed by atoms with van der Waals surface area (Å²) >= 11 is 0. The Labute approximate surface area is 176 Å². The van der Waals surface area contributed by atoms with Crippen LogP contribution in [0.2, 0.25) is 0 Å². The fraction of sp³-hybridized carbons (Fsp3) is 0.0455. The number of nitro groups is 1. The highest BCUT2D eigenvalue weighted by molar-refractivity contribution is 5.95. The molecule has 0 unspecified atom stereocenters. The topological polar surface area (TPSA) is 120 Å². The molecule has 0 spiro atoms. The summed E-state index contributed by atoms with van der Waals surface area (Å²) in [5.41, 5.74) is 1.82. The SMILES string of the molecule is O=C(COc1ccc([N+](=O)[O-])cc1)Nc1ccccc1-c1nc(-c2ccccc2)no1. The number of para-hydroxylation sites is 1. The van der Waals surface area contributed by atoms with Crippen molar-refractivity contribution in [3.63, 3.8) is 0 Å². The summed E-state index contributed by atoms with van der Waals surface area (Å²) in [6, 6.07) is 21.9. The second-order valence-corrected chi connectivity index (χ2v) is 6.42. The van der Waals surface area contributed by atoms with Gasteiger partial charge >= 0.3 is 0 Å². The molecule has 9 nitrogen and oxygen atoms in total. The highest BCUT2D eigenvalue weighted by Crippen LogP contribution is 2.28. The van der Waals surface area contributed by atoms with E-state index < -0.39 is 10.8 Å². The molecule has 0 saturated carbocycles. The van der Waals surface area contributed by atoms with Gasteiger partial charge in [-0.15, -0.1) is 0 Å². The predicted molar refractivity (Wildman–Crippen MR) is 112 cm³/mol. The maximum Gasteiger partial charge on any atom is 0.269 e. The van der Waals surface area contributed by atoms with Crippen molar-refractivity contribution < 1.29 is 19.0 Å². The summed E-state index contributed by atoms with van der Waals surface area (Å²) in [4.78, 5) is 27.0. The van der Waals surface area contributed by atoms with Gasteiger partial charge in [0.05, 0.1) is 16.2 Å². The van der Waals surface area contributed by atoms with Crippen molar-refractivity contribution in [1.82, 2.24) is 10.1 Å². The zero-order chi connectivity index (χ0) is 21.6. The van der Waals surface area contributed by atoms with E-state index in [0.717, 1.165) is 5.56 Å². The van der Waals surface area contributed by atoms with E-state index >= 15 is 0 Å². The van der Waals surface area contributed by atoms with E-state index in [4.69, 9.17) is 9.26 Å². The third-order valence-corrected chi connectivity index (χ3v) is 4.31. The first-order valence-electron chi connectivity index (χ1n) is 9.26. The molecule has 1 aromatic heterocycles. The quantitative estimate of drug-likeness (QED) is 0.352. The van der Waals surface area contributed by atoms with Gasteiger partial charge < -0.3 is 14.6 Å². The third kappa shape index (κ3) is 4.73. The smallest absolute Gasteiger partial charge is 0.269 e. The summed E-state index contributed by atoms with van der Waals surface area (Å²) in [6.45, 7) is -0.273. The molecule has 0 radical (unpaired) electrons. The molecular weight excluding hydrogens is 400 g/mol. The lowest BCUT2D eigenvalue weighted by Crippen LogP contribution is -2.20. The number of nitro benzene ring substituents is 1. The van der Waals surface area contributed by atoms with Crippen LogP contribution in [0.15, 0.2) is 83.4 Å². The van der Waals surface area contributed by atoms with Gasteiger partial charge in [0.25, 0.3) is 17.5 Å². The zero-order valence-electron chi connectivity index (χ0n) is 16.1. The van der Waals surface area contributed by atoms with Crippen LogP contribution in [-0.4, -0.2) is 27.6 Å². The molecule has 3 aromatic carbocycles. The van der Waals surface area contributed by atoms with Crippen LogP contribution in [0.4, 0.5) is 11.4 Å². The van der Waals surface area contributed by atoms with Gasteiger partial charge in [-0.1, -0.05) is 47.6 Å². The molecule has 0 aliphatic heterocycles. The van der Waals surface area contributed by atoms with Crippen molar-refractivity contribution in [3.05, 3.63) is 89.0 Å². The summed E-state index contributed by atoms with van der Waals surface area (Å²) in [6.07, 6.45) is 0. The Hall–Kier alpha value is -4.53. The molecule has 0 atom stereocenters. The molecule has 0 bridgehead atoms. The maximum absolute atomic E-state index is 12.4. The van der Waals surface area contributed by atoms with E-state index in [-0.39, 0.29) is 18.2 Å². The van der Waals surface area contributed by atoms with Crippen LogP contribution in [0, 0.1) is 10.1 Å². The minimum absolute atomic E-state index is 0.0554. The van der Waals surface area contributed by atoms with E-state index in [1.165, 1.54) is 24.3 Å². The lowest BCUT2D eigenvalue weighted by atomic mass is 10.1. The molecule has 1 amide bonds. The molecule has 4 aromatic rings. The first kappa shape index (κ1) is 19.8. The van der Waals surface area contributed by atoms with E-state index in [2.05, 4.69) is 15.5 Å². The van der Waals surface area contributed by atoms with Gasteiger partial charge in [0, 0.05) is 17.7 Å². The van der Waals surface area contributed by atoms with Crippen molar-refractivity contribution in [2.24, 2.45) is 0 Å². The van der Waals surface area contributed by atoms with Crippen LogP contribution in [0.25, 0.3) is 22.8 Å². The predicted octanol–water partition coefficient (Wildman–Crippen LogP) is 4.33. The third-order valence-electron chi connectivity index (χ3n) is 4.31. The van der Waals surface area contributed by atoms with Gasteiger partial charge in [-0.25, -0.2) is 0 Å². The van der Waals surface area contributed by atoms with Crippen LogP contribution in [-0.2, 0) is 4.79 Å². The number of nitrogens with zero attached hydrogens (tertiary/aromatic N) is 3. The van der Waals surface area contributed by atoms with Crippen molar-refractivity contribution in [1.29, 1.82) is 0 Å². The van der Waals surface area contributed by atoms with Crippen LogP contribution >= 0.6 is 0 Å². The Bertz CT molecular complexity index is 1210. The number of carbonyl (C=O) groups excluding carboxylic acids is 1. The van der Waals surface area contributed by atoms with Crippen molar-refractivity contribution >= 4 is 17.3 Å². The van der Waals surface area contributed by atoms with Gasteiger partial charge in [0.1, 0.15) is 5.75 Å². The second kappa shape index (κ2) is 8.87.